The molecule has 0 aliphatic carbocycles. The van der Waals surface area contributed by atoms with Gasteiger partial charge >= 0.3 is 12.0 Å². The molecule has 0 heterocycles. The molecule has 7 nitrogen and oxygen atoms in total. The Hall–Kier alpha value is -3.13. The van der Waals surface area contributed by atoms with Crippen LogP contribution in [0.1, 0.15) is 31.4 Å². The summed E-state index contributed by atoms with van der Waals surface area (Å²) in [5, 5.41) is 12.0. The molecule has 0 radical (unpaired) electrons. The predicted molar refractivity (Wildman–Crippen MR) is 124 cm³/mol. The van der Waals surface area contributed by atoms with Crippen molar-refractivity contribution in [3.05, 3.63) is 65.5 Å². The molecule has 0 aliphatic heterocycles. The first kappa shape index (κ1) is 26.1. The van der Waals surface area contributed by atoms with Crippen molar-refractivity contribution in [2.45, 2.75) is 39.2 Å². The highest BCUT2D eigenvalue weighted by molar-refractivity contribution is 5.74. The molecular formula is C25H33FN2O5. The summed E-state index contributed by atoms with van der Waals surface area (Å²) in [5.41, 5.74) is 1.87. The van der Waals surface area contributed by atoms with Crippen molar-refractivity contribution >= 4 is 12.0 Å². The number of carbonyl (C=O) groups excluding carboxylic acids is 1. The number of nitrogens with one attached hydrogen (secondary N) is 1. The summed E-state index contributed by atoms with van der Waals surface area (Å²) in [4.78, 5) is 25.3. The van der Waals surface area contributed by atoms with Crippen LogP contribution in [0.4, 0.5) is 9.18 Å². The molecule has 33 heavy (non-hydrogen) atoms. The molecule has 0 bridgehead atoms. The fourth-order valence-electron chi connectivity index (χ4n) is 3.33. The fourth-order valence-corrected chi connectivity index (χ4v) is 3.33. The van der Waals surface area contributed by atoms with Crippen LogP contribution in [0.15, 0.2) is 48.5 Å². The van der Waals surface area contributed by atoms with E-state index in [9.17, 15) is 19.1 Å². The molecule has 2 aromatic rings. The molecule has 180 valence electrons. The van der Waals surface area contributed by atoms with Gasteiger partial charge < -0.3 is 24.8 Å². The lowest BCUT2D eigenvalue weighted by Gasteiger charge is -2.23. The molecule has 2 N–H and O–H groups in total. The van der Waals surface area contributed by atoms with E-state index in [1.165, 1.54) is 12.1 Å². The van der Waals surface area contributed by atoms with Gasteiger partial charge in [0.2, 0.25) is 0 Å². The van der Waals surface area contributed by atoms with Crippen molar-refractivity contribution < 1.29 is 28.6 Å². The van der Waals surface area contributed by atoms with Gasteiger partial charge in [-0.3, -0.25) is 0 Å². The van der Waals surface area contributed by atoms with Crippen molar-refractivity contribution in [2.24, 2.45) is 0 Å². The standard InChI is InChI=1S/C25H33FN2O5/c1-3-27-25(31)28(15-5-6-19-7-11-21(26)12-8-19)16-17-33-22-13-9-20(10-14-22)18-23(24(29)30)32-4-2/h7-14,23H,3-6,15-18H2,1-2H3,(H,27,31)(H,29,30). The molecule has 0 saturated carbocycles. The van der Waals surface area contributed by atoms with Crippen LogP contribution in [-0.2, 0) is 22.4 Å². The summed E-state index contributed by atoms with van der Waals surface area (Å²) >= 11 is 0. The van der Waals surface area contributed by atoms with Crippen LogP contribution in [0.25, 0.3) is 0 Å². The third-order valence-corrected chi connectivity index (χ3v) is 5.04. The number of amides is 2. The van der Waals surface area contributed by atoms with E-state index in [0.717, 1.165) is 24.0 Å². The zero-order valence-electron chi connectivity index (χ0n) is 19.3. The van der Waals surface area contributed by atoms with Gasteiger partial charge in [0.1, 0.15) is 18.2 Å². The van der Waals surface area contributed by atoms with Crippen LogP contribution in [0.2, 0.25) is 0 Å². The van der Waals surface area contributed by atoms with Gasteiger partial charge in [0.15, 0.2) is 6.10 Å². The van der Waals surface area contributed by atoms with Crippen LogP contribution in [0.5, 0.6) is 5.75 Å². The molecule has 0 saturated heterocycles. The van der Waals surface area contributed by atoms with Crippen LogP contribution in [0, 0.1) is 5.82 Å². The van der Waals surface area contributed by atoms with Crippen LogP contribution >= 0.6 is 0 Å². The van der Waals surface area contributed by atoms with E-state index in [1.807, 2.05) is 19.1 Å². The maximum absolute atomic E-state index is 13.0. The van der Waals surface area contributed by atoms with Gasteiger partial charge in [-0.2, -0.15) is 0 Å². The second-order valence-corrected chi connectivity index (χ2v) is 7.53. The van der Waals surface area contributed by atoms with Gasteiger partial charge in [-0.05, 0) is 62.1 Å². The van der Waals surface area contributed by atoms with Crippen molar-refractivity contribution in [3.8, 4) is 5.75 Å². The fraction of sp³-hybridized carbons (Fsp3) is 0.440. The van der Waals surface area contributed by atoms with E-state index in [1.54, 1.807) is 36.1 Å². The maximum Gasteiger partial charge on any atom is 0.333 e. The summed E-state index contributed by atoms with van der Waals surface area (Å²) in [6.45, 7) is 5.80. The van der Waals surface area contributed by atoms with E-state index in [-0.39, 0.29) is 18.3 Å². The number of carbonyl (C=O) groups is 2. The Bertz CT molecular complexity index is 858. The second-order valence-electron chi connectivity index (χ2n) is 7.53. The molecule has 1 atom stereocenters. The normalized spacial score (nSPS) is 11.6. The molecular weight excluding hydrogens is 427 g/mol. The van der Waals surface area contributed by atoms with Gasteiger partial charge in [0.25, 0.3) is 0 Å². The number of nitrogens with zero attached hydrogens (tertiary/aromatic N) is 1. The largest absolute Gasteiger partial charge is 0.492 e. The molecule has 2 rings (SSSR count). The molecule has 1 unspecified atom stereocenters. The Balaban J connectivity index is 1.83. The quantitative estimate of drug-likeness (QED) is 0.446. The van der Waals surface area contributed by atoms with E-state index >= 15 is 0 Å². The molecule has 2 amide bonds. The number of carboxylic acids is 1. The van der Waals surface area contributed by atoms with Crippen molar-refractivity contribution in [1.29, 1.82) is 0 Å². The molecule has 0 aliphatic rings. The third-order valence-electron chi connectivity index (χ3n) is 5.04. The number of benzene rings is 2. The number of urea groups is 1. The van der Waals surface area contributed by atoms with Gasteiger partial charge in [-0.25, -0.2) is 14.0 Å². The smallest absolute Gasteiger partial charge is 0.333 e. The summed E-state index contributed by atoms with van der Waals surface area (Å²) in [6, 6.07) is 13.4. The topological polar surface area (TPSA) is 88.1 Å². The first-order valence-electron chi connectivity index (χ1n) is 11.3. The van der Waals surface area contributed by atoms with E-state index in [4.69, 9.17) is 9.47 Å². The number of halogens is 1. The maximum atomic E-state index is 13.0. The average Bonchev–Trinajstić information content (AvgIpc) is 2.80. The molecule has 2 aromatic carbocycles. The summed E-state index contributed by atoms with van der Waals surface area (Å²) < 4.78 is 24.1. The number of aliphatic carboxylic acids is 1. The lowest BCUT2D eigenvalue weighted by molar-refractivity contribution is -0.149. The van der Waals surface area contributed by atoms with Gasteiger partial charge in [0.05, 0.1) is 6.54 Å². The molecule has 8 heteroatoms. The lowest BCUT2D eigenvalue weighted by atomic mass is 10.1. The predicted octanol–water partition coefficient (Wildman–Crippen LogP) is 3.90. The average molecular weight is 461 g/mol. The SMILES string of the molecule is CCNC(=O)N(CCCc1ccc(F)cc1)CCOc1ccc(CC(OCC)C(=O)O)cc1. The zero-order valence-corrected chi connectivity index (χ0v) is 19.3. The Morgan fingerprint density at radius 3 is 2.30 bits per heavy atom. The van der Waals surface area contributed by atoms with E-state index in [0.29, 0.717) is 38.6 Å². The number of ether oxygens (including phenoxy) is 2. The molecule has 0 spiro atoms. The number of hydrogen-bond donors (Lipinski definition) is 2. The van der Waals surface area contributed by atoms with Gasteiger partial charge in [0, 0.05) is 26.1 Å². The summed E-state index contributed by atoms with van der Waals surface area (Å²) in [6.07, 6.45) is 0.907. The van der Waals surface area contributed by atoms with Gasteiger partial charge in [-0.1, -0.05) is 24.3 Å². The summed E-state index contributed by atoms with van der Waals surface area (Å²) in [7, 11) is 0. The van der Waals surface area contributed by atoms with Crippen LogP contribution in [0.3, 0.4) is 0 Å². The van der Waals surface area contributed by atoms with Crippen molar-refractivity contribution in [1.82, 2.24) is 10.2 Å². The summed E-state index contributed by atoms with van der Waals surface area (Å²) in [5.74, 6) is -0.602. The molecule has 0 fully saturated rings. The monoisotopic (exact) mass is 460 g/mol. The number of hydrogen-bond acceptors (Lipinski definition) is 4. The lowest BCUT2D eigenvalue weighted by Crippen LogP contribution is -2.42. The Morgan fingerprint density at radius 2 is 1.70 bits per heavy atom. The Kier molecular flexibility index (Phi) is 11.2. The Labute approximate surface area is 194 Å². The minimum atomic E-state index is -0.984. The van der Waals surface area contributed by atoms with Crippen LogP contribution in [-0.4, -0.2) is 61.0 Å². The first-order valence-corrected chi connectivity index (χ1v) is 11.3. The highest BCUT2D eigenvalue weighted by Gasteiger charge is 2.18. The number of aryl methyl sites for hydroxylation is 1. The number of carboxylic acid groups (broad SMARTS) is 1. The zero-order chi connectivity index (χ0) is 24.1. The minimum Gasteiger partial charge on any atom is -0.492 e. The van der Waals surface area contributed by atoms with E-state index < -0.39 is 12.1 Å². The minimum absolute atomic E-state index is 0.147. The first-order chi connectivity index (χ1) is 15.9. The van der Waals surface area contributed by atoms with Crippen molar-refractivity contribution in [2.75, 3.05) is 32.8 Å². The number of rotatable bonds is 14. The van der Waals surface area contributed by atoms with Crippen molar-refractivity contribution in [3.63, 3.8) is 0 Å². The third kappa shape index (κ3) is 9.49. The second kappa shape index (κ2) is 14.1. The van der Waals surface area contributed by atoms with E-state index in [2.05, 4.69) is 5.32 Å². The Morgan fingerprint density at radius 1 is 1.03 bits per heavy atom. The molecule has 0 aromatic heterocycles. The highest BCUT2D eigenvalue weighted by Crippen LogP contribution is 2.15. The van der Waals surface area contributed by atoms with Crippen LogP contribution < -0.4 is 10.1 Å². The highest BCUT2D eigenvalue weighted by atomic mass is 19.1. The van der Waals surface area contributed by atoms with Gasteiger partial charge in [-0.15, -0.1) is 0 Å².